The molecule has 0 saturated heterocycles. The van der Waals surface area contributed by atoms with Gasteiger partial charge < -0.3 is 4.52 Å². The Labute approximate surface area is 123 Å². The second-order valence-corrected chi connectivity index (χ2v) is 5.67. The van der Waals surface area contributed by atoms with Crippen LogP contribution in [0.25, 0.3) is 11.3 Å². The minimum absolute atomic E-state index is 0.377. The number of benzene rings is 1. The van der Waals surface area contributed by atoms with Crippen LogP contribution in [0.2, 0.25) is 0 Å². The molecule has 1 aromatic heterocycles. The smallest absolute Gasteiger partial charge is 0.159 e. The van der Waals surface area contributed by atoms with Gasteiger partial charge in [0.1, 0.15) is 5.69 Å². The Kier molecular flexibility index (Phi) is 4.73. The molecule has 0 radical (unpaired) electrons. The largest absolute Gasteiger partial charge is 0.359 e. The molecule has 21 heavy (non-hydrogen) atoms. The quantitative estimate of drug-likeness (QED) is 0.826. The van der Waals surface area contributed by atoms with E-state index in [1.165, 1.54) is 6.07 Å². The van der Waals surface area contributed by atoms with Crippen LogP contribution in [0.4, 0.5) is 8.78 Å². The van der Waals surface area contributed by atoms with Crippen LogP contribution in [0.15, 0.2) is 28.8 Å². The first kappa shape index (κ1) is 15.6. The average molecular weight is 294 g/mol. The molecule has 1 aromatic carbocycles. The molecule has 0 aliphatic rings. The van der Waals surface area contributed by atoms with Gasteiger partial charge in [0.25, 0.3) is 0 Å². The van der Waals surface area contributed by atoms with Crippen LogP contribution >= 0.6 is 0 Å². The minimum Gasteiger partial charge on any atom is -0.359 e. The van der Waals surface area contributed by atoms with Crippen molar-refractivity contribution >= 4 is 0 Å². The van der Waals surface area contributed by atoms with Crippen molar-refractivity contribution in [2.75, 3.05) is 0 Å². The molecule has 0 amide bonds. The third-order valence-corrected chi connectivity index (χ3v) is 3.44. The molecule has 0 bridgehead atoms. The molecule has 0 atom stereocenters. The van der Waals surface area contributed by atoms with E-state index in [0.717, 1.165) is 12.1 Å². The summed E-state index contributed by atoms with van der Waals surface area (Å²) >= 11 is 0. The molecule has 0 unspecified atom stereocenters. The fourth-order valence-electron chi connectivity index (χ4n) is 2.32. The van der Waals surface area contributed by atoms with Crippen molar-refractivity contribution < 1.29 is 13.3 Å². The monoisotopic (exact) mass is 294 g/mol. The van der Waals surface area contributed by atoms with Gasteiger partial charge in [-0.1, -0.05) is 5.16 Å². The molecule has 0 aliphatic carbocycles. The summed E-state index contributed by atoms with van der Waals surface area (Å²) in [5.74, 6) is -1.05. The van der Waals surface area contributed by atoms with Gasteiger partial charge >= 0.3 is 0 Å². The van der Waals surface area contributed by atoms with E-state index in [2.05, 4.69) is 37.8 Å². The maximum Gasteiger partial charge on any atom is 0.159 e. The minimum atomic E-state index is -0.886. The van der Waals surface area contributed by atoms with Crippen LogP contribution in [-0.2, 0) is 6.54 Å². The van der Waals surface area contributed by atoms with Gasteiger partial charge in [0, 0.05) is 23.7 Å². The van der Waals surface area contributed by atoms with Crippen molar-refractivity contribution in [2.24, 2.45) is 0 Å². The maximum absolute atomic E-state index is 13.3. The van der Waals surface area contributed by atoms with Crippen LogP contribution in [0.3, 0.4) is 0 Å². The highest BCUT2D eigenvalue weighted by atomic mass is 19.2. The lowest BCUT2D eigenvalue weighted by atomic mass is 10.1. The molecular formula is C16H20F2N2O. The van der Waals surface area contributed by atoms with E-state index in [4.69, 9.17) is 4.52 Å². The second-order valence-electron chi connectivity index (χ2n) is 5.67. The molecule has 114 valence electrons. The maximum atomic E-state index is 13.3. The van der Waals surface area contributed by atoms with Crippen molar-refractivity contribution in [2.45, 2.75) is 46.3 Å². The standard InChI is InChI=1S/C16H20F2N2O/c1-10(2)20(11(3)4)9-13-8-16(19-21-13)12-5-6-14(17)15(18)7-12/h5-8,10-11H,9H2,1-4H3. The summed E-state index contributed by atoms with van der Waals surface area (Å²) in [7, 11) is 0. The summed E-state index contributed by atoms with van der Waals surface area (Å²) in [6.45, 7) is 9.10. The van der Waals surface area contributed by atoms with Crippen molar-refractivity contribution in [3.63, 3.8) is 0 Å². The molecule has 0 aliphatic heterocycles. The zero-order valence-corrected chi connectivity index (χ0v) is 12.7. The molecule has 3 nitrogen and oxygen atoms in total. The van der Waals surface area contributed by atoms with E-state index in [1.54, 1.807) is 6.07 Å². The fourth-order valence-corrected chi connectivity index (χ4v) is 2.32. The number of halogens is 2. The molecule has 0 N–H and O–H groups in total. The Morgan fingerprint density at radius 3 is 2.29 bits per heavy atom. The number of nitrogens with zero attached hydrogens (tertiary/aromatic N) is 2. The summed E-state index contributed by atoms with van der Waals surface area (Å²) in [4.78, 5) is 2.26. The van der Waals surface area contributed by atoms with Crippen LogP contribution in [0.1, 0.15) is 33.5 Å². The van der Waals surface area contributed by atoms with Crippen LogP contribution in [0, 0.1) is 11.6 Å². The highest BCUT2D eigenvalue weighted by Gasteiger charge is 2.17. The van der Waals surface area contributed by atoms with Gasteiger partial charge in [0.05, 0.1) is 6.54 Å². The topological polar surface area (TPSA) is 29.3 Å². The normalized spacial score (nSPS) is 11.9. The SMILES string of the molecule is CC(C)N(Cc1cc(-c2ccc(F)c(F)c2)no1)C(C)C. The predicted octanol–water partition coefficient (Wildman–Crippen LogP) is 4.24. The van der Waals surface area contributed by atoms with Gasteiger partial charge in [-0.25, -0.2) is 8.78 Å². The Balaban J connectivity index is 2.19. The Morgan fingerprint density at radius 1 is 1.05 bits per heavy atom. The van der Waals surface area contributed by atoms with Gasteiger partial charge in [-0.3, -0.25) is 4.90 Å². The molecule has 0 fully saturated rings. The highest BCUT2D eigenvalue weighted by Crippen LogP contribution is 2.22. The van der Waals surface area contributed by atoms with Gasteiger partial charge in [0.15, 0.2) is 17.4 Å². The molecular weight excluding hydrogens is 274 g/mol. The zero-order valence-electron chi connectivity index (χ0n) is 12.7. The third kappa shape index (κ3) is 3.67. The highest BCUT2D eigenvalue weighted by molar-refractivity contribution is 5.58. The average Bonchev–Trinajstić information content (AvgIpc) is 2.87. The zero-order chi connectivity index (χ0) is 15.6. The first-order valence-electron chi connectivity index (χ1n) is 7.05. The van der Waals surface area contributed by atoms with E-state index < -0.39 is 11.6 Å². The molecule has 0 spiro atoms. The van der Waals surface area contributed by atoms with Gasteiger partial charge in [-0.15, -0.1) is 0 Å². The van der Waals surface area contributed by atoms with Crippen molar-refractivity contribution in [3.8, 4) is 11.3 Å². The van der Waals surface area contributed by atoms with Crippen molar-refractivity contribution in [1.82, 2.24) is 10.1 Å². The number of hydrogen-bond donors (Lipinski definition) is 0. The summed E-state index contributed by atoms with van der Waals surface area (Å²) in [6, 6.07) is 6.23. The molecule has 2 aromatic rings. The van der Waals surface area contributed by atoms with E-state index in [-0.39, 0.29) is 0 Å². The van der Waals surface area contributed by atoms with Crippen LogP contribution in [-0.4, -0.2) is 22.1 Å². The lowest BCUT2D eigenvalue weighted by molar-refractivity contribution is 0.148. The summed E-state index contributed by atoms with van der Waals surface area (Å²) < 4.78 is 31.5. The van der Waals surface area contributed by atoms with E-state index >= 15 is 0 Å². The van der Waals surface area contributed by atoms with E-state index in [1.807, 2.05) is 0 Å². The fraction of sp³-hybridized carbons (Fsp3) is 0.438. The van der Waals surface area contributed by atoms with Gasteiger partial charge in [0.2, 0.25) is 0 Å². The summed E-state index contributed by atoms with van der Waals surface area (Å²) in [6.07, 6.45) is 0. The Hall–Kier alpha value is -1.75. The Bertz CT molecular complexity index is 600. The summed E-state index contributed by atoms with van der Waals surface area (Å²) in [5.41, 5.74) is 1.01. The first-order valence-corrected chi connectivity index (χ1v) is 7.05. The Morgan fingerprint density at radius 2 is 1.71 bits per heavy atom. The molecule has 1 heterocycles. The summed E-state index contributed by atoms with van der Waals surface area (Å²) in [5, 5.41) is 3.94. The second kappa shape index (κ2) is 6.35. The van der Waals surface area contributed by atoms with E-state index in [9.17, 15) is 8.78 Å². The molecule has 5 heteroatoms. The van der Waals surface area contributed by atoms with Crippen LogP contribution < -0.4 is 0 Å². The lowest BCUT2D eigenvalue weighted by Gasteiger charge is -2.29. The third-order valence-electron chi connectivity index (χ3n) is 3.44. The first-order chi connectivity index (χ1) is 9.88. The molecule has 0 saturated carbocycles. The number of aromatic nitrogens is 1. The van der Waals surface area contributed by atoms with Crippen molar-refractivity contribution in [3.05, 3.63) is 41.7 Å². The lowest BCUT2D eigenvalue weighted by Crippen LogP contribution is -2.36. The predicted molar refractivity (Wildman–Crippen MR) is 77.7 cm³/mol. The number of rotatable bonds is 5. The van der Waals surface area contributed by atoms with Gasteiger partial charge in [-0.05, 0) is 45.9 Å². The number of hydrogen-bond acceptors (Lipinski definition) is 3. The molecule has 2 rings (SSSR count). The van der Waals surface area contributed by atoms with E-state index in [0.29, 0.717) is 35.6 Å². The van der Waals surface area contributed by atoms with Crippen molar-refractivity contribution in [1.29, 1.82) is 0 Å². The van der Waals surface area contributed by atoms with Crippen LogP contribution in [0.5, 0.6) is 0 Å². The van der Waals surface area contributed by atoms with Gasteiger partial charge in [-0.2, -0.15) is 0 Å².